The number of nitrogens with two attached hydrogens (primary N) is 1. The van der Waals surface area contributed by atoms with Crippen LogP contribution < -0.4 is 10.6 Å². The van der Waals surface area contributed by atoms with Crippen LogP contribution in [0.3, 0.4) is 0 Å². The summed E-state index contributed by atoms with van der Waals surface area (Å²) in [6.45, 7) is 0.951. The molecule has 0 saturated carbocycles. The molecule has 0 bridgehead atoms. The summed E-state index contributed by atoms with van der Waals surface area (Å²) < 4.78 is 2.23. The SMILES string of the molecule is Nc1nc(-n2cccn2)nc(N2CCCC2CO)c1Br. The molecule has 7 nitrogen and oxygen atoms in total. The molecule has 2 aromatic heterocycles. The number of halogens is 1. The first-order chi connectivity index (χ1) is 9.70. The molecule has 20 heavy (non-hydrogen) atoms. The number of anilines is 2. The Kier molecular flexibility index (Phi) is 3.58. The summed E-state index contributed by atoms with van der Waals surface area (Å²) in [7, 11) is 0. The Balaban J connectivity index is 2.06. The fourth-order valence-electron chi connectivity index (χ4n) is 2.42. The Hall–Kier alpha value is -1.67. The molecule has 1 atom stereocenters. The number of nitrogens with zero attached hydrogens (tertiary/aromatic N) is 5. The summed E-state index contributed by atoms with van der Waals surface area (Å²) in [5, 5.41) is 13.6. The lowest BCUT2D eigenvalue weighted by Crippen LogP contribution is -2.33. The van der Waals surface area contributed by atoms with Crippen LogP contribution in [-0.4, -0.2) is 44.0 Å². The standard InChI is InChI=1S/C12H15BrN6O/c13-9-10(14)16-12(19-6-2-4-15-19)17-11(9)18-5-1-3-8(18)7-20/h2,4,6,8,20H,1,3,5,7H2,(H2,14,16,17). The van der Waals surface area contributed by atoms with Gasteiger partial charge in [-0.05, 0) is 34.8 Å². The minimum absolute atomic E-state index is 0.0751. The van der Waals surface area contributed by atoms with E-state index in [9.17, 15) is 5.11 Å². The van der Waals surface area contributed by atoms with E-state index in [0.29, 0.717) is 22.1 Å². The molecule has 0 aromatic carbocycles. The molecule has 1 fully saturated rings. The second-order valence-corrected chi connectivity index (χ2v) is 5.46. The first kappa shape index (κ1) is 13.3. The molecule has 3 N–H and O–H groups in total. The second-order valence-electron chi connectivity index (χ2n) is 4.67. The molecule has 8 heteroatoms. The topological polar surface area (TPSA) is 93.1 Å². The van der Waals surface area contributed by atoms with Crippen molar-refractivity contribution in [3.05, 3.63) is 22.9 Å². The Labute approximate surface area is 124 Å². The zero-order valence-electron chi connectivity index (χ0n) is 10.8. The lowest BCUT2D eigenvalue weighted by atomic mass is 10.2. The highest BCUT2D eigenvalue weighted by atomic mass is 79.9. The second kappa shape index (κ2) is 5.37. The Morgan fingerprint density at radius 3 is 3.00 bits per heavy atom. The van der Waals surface area contributed by atoms with E-state index in [1.165, 1.54) is 0 Å². The quantitative estimate of drug-likeness (QED) is 0.866. The number of nitrogen functional groups attached to an aromatic ring is 1. The number of rotatable bonds is 3. The number of hydrogen-bond donors (Lipinski definition) is 2. The van der Waals surface area contributed by atoms with E-state index in [4.69, 9.17) is 5.73 Å². The molecule has 0 radical (unpaired) electrons. The van der Waals surface area contributed by atoms with Gasteiger partial charge in [0.05, 0.1) is 12.6 Å². The Morgan fingerprint density at radius 2 is 2.30 bits per heavy atom. The third-order valence-electron chi connectivity index (χ3n) is 3.42. The first-order valence-electron chi connectivity index (χ1n) is 6.41. The lowest BCUT2D eigenvalue weighted by Gasteiger charge is -2.25. The number of aliphatic hydroxyl groups excluding tert-OH is 1. The molecule has 106 valence electrons. The van der Waals surface area contributed by atoms with Crippen molar-refractivity contribution in [2.24, 2.45) is 0 Å². The number of aromatic nitrogens is 4. The third kappa shape index (κ3) is 2.25. The van der Waals surface area contributed by atoms with Gasteiger partial charge in [-0.3, -0.25) is 0 Å². The van der Waals surface area contributed by atoms with E-state index in [1.807, 2.05) is 0 Å². The van der Waals surface area contributed by atoms with Crippen molar-refractivity contribution in [2.45, 2.75) is 18.9 Å². The maximum absolute atomic E-state index is 9.46. The van der Waals surface area contributed by atoms with E-state index in [1.54, 1.807) is 23.1 Å². The van der Waals surface area contributed by atoms with Crippen molar-refractivity contribution < 1.29 is 5.11 Å². The summed E-state index contributed by atoms with van der Waals surface area (Å²) in [6, 6.07) is 1.87. The van der Waals surface area contributed by atoms with Crippen molar-refractivity contribution in [1.82, 2.24) is 19.7 Å². The highest BCUT2D eigenvalue weighted by Gasteiger charge is 2.28. The fraction of sp³-hybridized carbons (Fsp3) is 0.417. The molecule has 1 aliphatic rings. The molecule has 0 spiro atoms. The molecule has 1 saturated heterocycles. The minimum atomic E-state index is 0.0751. The maximum atomic E-state index is 9.46. The van der Waals surface area contributed by atoms with Crippen LogP contribution in [0.4, 0.5) is 11.6 Å². The monoisotopic (exact) mass is 338 g/mol. The van der Waals surface area contributed by atoms with Gasteiger partial charge in [0.25, 0.3) is 5.95 Å². The van der Waals surface area contributed by atoms with Crippen molar-refractivity contribution in [1.29, 1.82) is 0 Å². The van der Waals surface area contributed by atoms with E-state index < -0.39 is 0 Å². The molecule has 1 aliphatic heterocycles. The average molecular weight is 339 g/mol. The molecule has 3 rings (SSSR count). The van der Waals surface area contributed by atoms with E-state index >= 15 is 0 Å². The first-order valence-corrected chi connectivity index (χ1v) is 7.20. The van der Waals surface area contributed by atoms with Gasteiger partial charge in [0.15, 0.2) is 5.82 Å². The van der Waals surface area contributed by atoms with E-state index in [-0.39, 0.29) is 12.6 Å². The molecular formula is C12H15BrN6O. The van der Waals surface area contributed by atoms with Gasteiger partial charge in [-0.1, -0.05) is 0 Å². The van der Waals surface area contributed by atoms with Crippen LogP contribution in [0.25, 0.3) is 5.95 Å². The molecular weight excluding hydrogens is 324 g/mol. The molecule has 1 unspecified atom stereocenters. The van der Waals surface area contributed by atoms with Crippen LogP contribution in [-0.2, 0) is 0 Å². The van der Waals surface area contributed by atoms with Crippen LogP contribution in [0, 0.1) is 0 Å². The predicted molar refractivity (Wildman–Crippen MR) is 78.7 cm³/mol. The van der Waals surface area contributed by atoms with E-state index in [2.05, 4.69) is 35.9 Å². The molecule has 2 aromatic rings. The Morgan fingerprint density at radius 1 is 1.45 bits per heavy atom. The smallest absolute Gasteiger partial charge is 0.254 e. The van der Waals surface area contributed by atoms with Gasteiger partial charge < -0.3 is 15.7 Å². The van der Waals surface area contributed by atoms with Gasteiger partial charge >= 0.3 is 0 Å². The van der Waals surface area contributed by atoms with Crippen LogP contribution in [0.15, 0.2) is 22.9 Å². The molecule has 0 aliphatic carbocycles. The van der Waals surface area contributed by atoms with Crippen molar-refractivity contribution >= 4 is 27.6 Å². The van der Waals surface area contributed by atoms with Crippen molar-refractivity contribution in [2.75, 3.05) is 23.8 Å². The summed E-state index contributed by atoms with van der Waals surface area (Å²) in [5.41, 5.74) is 5.95. The van der Waals surface area contributed by atoms with Crippen LogP contribution >= 0.6 is 15.9 Å². The fourth-order valence-corrected chi connectivity index (χ4v) is 2.83. The summed E-state index contributed by atoms with van der Waals surface area (Å²) >= 11 is 3.44. The molecule has 0 amide bonds. The van der Waals surface area contributed by atoms with Crippen molar-refractivity contribution in [3.8, 4) is 5.95 Å². The van der Waals surface area contributed by atoms with Crippen LogP contribution in [0.5, 0.6) is 0 Å². The van der Waals surface area contributed by atoms with Crippen LogP contribution in [0.1, 0.15) is 12.8 Å². The van der Waals surface area contributed by atoms with Gasteiger partial charge in [-0.15, -0.1) is 0 Å². The highest BCUT2D eigenvalue weighted by molar-refractivity contribution is 9.10. The number of hydrogen-bond acceptors (Lipinski definition) is 6. The lowest BCUT2D eigenvalue weighted by molar-refractivity contribution is 0.266. The minimum Gasteiger partial charge on any atom is -0.394 e. The zero-order chi connectivity index (χ0) is 14.1. The van der Waals surface area contributed by atoms with Crippen molar-refractivity contribution in [3.63, 3.8) is 0 Å². The van der Waals surface area contributed by atoms with Gasteiger partial charge in [0.1, 0.15) is 10.3 Å². The van der Waals surface area contributed by atoms with E-state index in [0.717, 1.165) is 19.4 Å². The van der Waals surface area contributed by atoms with Gasteiger partial charge in [-0.25, -0.2) is 4.68 Å². The molecule has 3 heterocycles. The third-order valence-corrected chi connectivity index (χ3v) is 4.18. The predicted octanol–water partition coefficient (Wildman–Crippen LogP) is 0.968. The maximum Gasteiger partial charge on any atom is 0.254 e. The normalized spacial score (nSPS) is 18.7. The van der Waals surface area contributed by atoms with Crippen LogP contribution in [0.2, 0.25) is 0 Å². The summed E-state index contributed by atoms with van der Waals surface area (Å²) in [6.07, 6.45) is 5.40. The summed E-state index contributed by atoms with van der Waals surface area (Å²) in [5.74, 6) is 1.50. The van der Waals surface area contributed by atoms with Gasteiger partial charge in [0, 0.05) is 18.9 Å². The van der Waals surface area contributed by atoms with Gasteiger partial charge in [0.2, 0.25) is 0 Å². The number of aliphatic hydroxyl groups is 1. The average Bonchev–Trinajstić information content (AvgIpc) is 3.11. The zero-order valence-corrected chi connectivity index (χ0v) is 12.4. The Bertz CT molecular complexity index is 602. The largest absolute Gasteiger partial charge is 0.394 e. The summed E-state index contributed by atoms with van der Waals surface area (Å²) in [4.78, 5) is 10.8. The highest BCUT2D eigenvalue weighted by Crippen LogP contribution is 2.33. The van der Waals surface area contributed by atoms with Gasteiger partial charge in [-0.2, -0.15) is 15.1 Å².